The summed E-state index contributed by atoms with van der Waals surface area (Å²) in [6.45, 7) is 0.0566. The van der Waals surface area contributed by atoms with Gasteiger partial charge in [0.05, 0.1) is 6.54 Å². The highest BCUT2D eigenvalue weighted by Crippen LogP contribution is 2.32. The maximum Gasteiger partial charge on any atom is 0.254 e. The number of ether oxygens (including phenoxy) is 1. The molecule has 9 heteroatoms. The smallest absolute Gasteiger partial charge is 0.254 e. The van der Waals surface area contributed by atoms with Crippen LogP contribution in [0.5, 0.6) is 5.75 Å². The van der Waals surface area contributed by atoms with Crippen molar-refractivity contribution in [2.75, 3.05) is 7.05 Å². The number of nitrogens with one attached hydrogen (secondary N) is 2. The van der Waals surface area contributed by atoms with Gasteiger partial charge in [-0.2, -0.15) is 0 Å². The van der Waals surface area contributed by atoms with Gasteiger partial charge in [-0.25, -0.2) is 13.8 Å². The van der Waals surface area contributed by atoms with Crippen molar-refractivity contribution < 1.29 is 18.3 Å². The van der Waals surface area contributed by atoms with Gasteiger partial charge in [-0.15, -0.1) is 0 Å². The van der Waals surface area contributed by atoms with E-state index >= 15 is 0 Å². The number of fused-ring (bicyclic) bond motifs is 1. The van der Waals surface area contributed by atoms with E-state index < -0.39 is 11.6 Å². The van der Waals surface area contributed by atoms with Crippen molar-refractivity contribution in [3.63, 3.8) is 0 Å². The number of allylic oxidation sites excluding steroid dienone is 4. The monoisotopic (exact) mass is 480 g/mol. The highest BCUT2D eigenvalue weighted by molar-refractivity contribution is 5.87. The summed E-state index contributed by atoms with van der Waals surface area (Å²) in [4.78, 5) is 31.3. The van der Waals surface area contributed by atoms with Gasteiger partial charge >= 0.3 is 0 Å². The molecule has 0 bridgehead atoms. The van der Waals surface area contributed by atoms with Gasteiger partial charge in [0.15, 0.2) is 17.4 Å². The lowest BCUT2D eigenvalue weighted by atomic mass is 10.1. The molecule has 7 nitrogen and oxygen atoms in total. The number of halogens is 2. The number of aromatic nitrogens is 3. The number of unbranched alkanes of at least 4 members (excludes halogenated alkanes) is 1. The van der Waals surface area contributed by atoms with Crippen LogP contribution in [-0.4, -0.2) is 27.5 Å². The summed E-state index contributed by atoms with van der Waals surface area (Å²) in [5.74, 6) is -1.18. The predicted octanol–water partition coefficient (Wildman–Crippen LogP) is 4.29. The minimum absolute atomic E-state index is 0.0519. The molecule has 0 fully saturated rings. The van der Waals surface area contributed by atoms with Crippen LogP contribution in [-0.2, 0) is 17.8 Å². The molecule has 0 saturated carbocycles. The first-order chi connectivity index (χ1) is 17.0. The van der Waals surface area contributed by atoms with E-state index in [0.29, 0.717) is 36.4 Å². The average Bonchev–Trinajstić information content (AvgIpc) is 3.28. The number of hydrogen-bond acceptors (Lipinski definition) is 4. The summed E-state index contributed by atoms with van der Waals surface area (Å²) in [5.41, 5.74) is 0.478. The van der Waals surface area contributed by atoms with Gasteiger partial charge in [-0.1, -0.05) is 18.2 Å². The van der Waals surface area contributed by atoms with E-state index in [1.54, 1.807) is 37.5 Å². The second kappa shape index (κ2) is 10.9. The molecule has 2 heterocycles. The fourth-order valence-electron chi connectivity index (χ4n) is 3.83. The zero-order valence-corrected chi connectivity index (χ0v) is 19.3. The Bertz CT molecular complexity index is 1390. The fourth-order valence-corrected chi connectivity index (χ4v) is 3.83. The van der Waals surface area contributed by atoms with Crippen LogP contribution in [0.1, 0.15) is 37.1 Å². The third-order valence-electron chi connectivity index (χ3n) is 5.61. The molecule has 0 radical (unpaired) electrons. The van der Waals surface area contributed by atoms with Crippen molar-refractivity contribution in [3.8, 4) is 5.75 Å². The van der Waals surface area contributed by atoms with E-state index in [-0.39, 0.29) is 34.8 Å². The van der Waals surface area contributed by atoms with E-state index in [1.807, 2.05) is 12.2 Å². The molecule has 0 saturated heterocycles. The van der Waals surface area contributed by atoms with E-state index in [0.717, 1.165) is 18.9 Å². The predicted molar refractivity (Wildman–Crippen MR) is 129 cm³/mol. The topological polar surface area (TPSA) is 89.0 Å². The van der Waals surface area contributed by atoms with Gasteiger partial charge < -0.3 is 19.6 Å². The van der Waals surface area contributed by atoms with E-state index in [2.05, 4.69) is 15.3 Å². The molecule has 4 rings (SSSR count). The van der Waals surface area contributed by atoms with Crippen molar-refractivity contribution >= 4 is 16.9 Å². The SMILES string of the molecule is CNC(=O)/C=C/CCCc1cccn(Cc2nc3c(F)cc(F)c(OC4=CCCC=C4)c3[nH]2)c1=O. The molecule has 1 aliphatic carbocycles. The van der Waals surface area contributed by atoms with E-state index in [9.17, 15) is 18.4 Å². The first-order valence-corrected chi connectivity index (χ1v) is 11.4. The van der Waals surface area contributed by atoms with Gasteiger partial charge in [0.25, 0.3) is 5.56 Å². The normalized spacial score (nSPS) is 13.4. The maximum absolute atomic E-state index is 14.6. The van der Waals surface area contributed by atoms with Crippen molar-refractivity contribution in [2.45, 2.75) is 38.6 Å². The lowest BCUT2D eigenvalue weighted by molar-refractivity contribution is -0.116. The van der Waals surface area contributed by atoms with Crippen molar-refractivity contribution in [1.82, 2.24) is 19.9 Å². The standard InChI is InChI=1S/C26H26F2N4O3/c1-29-22(33)13-7-2-4-9-17-10-8-14-32(26(17)34)16-21-30-23-19(27)15-20(28)25(24(23)31-21)35-18-11-5-3-6-12-18/h5,7-8,10-15H,2-4,6,9,16H2,1H3,(H,29,33)(H,30,31)/b13-7+. The van der Waals surface area contributed by atoms with Gasteiger partial charge in [0, 0.05) is 24.9 Å². The number of imidazole rings is 1. The van der Waals surface area contributed by atoms with Crippen molar-refractivity contribution in [2.24, 2.45) is 0 Å². The number of nitrogens with zero attached hydrogens (tertiary/aromatic N) is 2. The van der Waals surface area contributed by atoms with Crippen LogP contribution in [0, 0.1) is 11.6 Å². The van der Waals surface area contributed by atoms with Crippen LogP contribution >= 0.6 is 0 Å². The highest BCUT2D eigenvalue weighted by Gasteiger charge is 2.20. The molecule has 182 valence electrons. The number of aromatic amines is 1. The van der Waals surface area contributed by atoms with Crippen LogP contribution in [0.3, 0.4) is 0 Å². The number of carbonyl (C=O) groups excluding carboxylic acids is 1. The average molecular weight is 481 g/mol. The number of benzene rings is 1. The first-order valence-electron chi connectivity index (χ1n) is 11.4. The Hall–Kier alpha value is -4.01. The Morgan fingerprint density at radius 2 is 2.17 bits per heavy atom. The van der Waals surface area contributed by atoms with Gasteiger partial charge in [0.2, 0.25) is 5.91 Å². The molecule has 1 aliphatic rings. The van der Waals surface area contributed by atoms with E-state index in [4.69, 9.17) is 4.74 Å². The maximum atomic E-state index is 14.6. The number of pyridine rings is 1. The molecular weight excluding hydrogens is 454 g/mol. The summed E-state index contributed by atoms with van der Waals surface area (Å²) in [6, 6.07) is 4.27. The number of carbonyl (C=O) groups is 1. The molecule has 2 aromatic heterocycles. The summed E-state index contributed by atoms with van der Waals surface area (Å²) < 4.78 is 36.2. The zero-order valence-electron chi connectivity index (χ0n) is 19.3. The molecule has 1 amide bonds. The lowest BCUT2D eigenvalue weighted by Gasteiger charge is -2.11. The van der Waals surface area contributed by atoms with Crippen LogP contribution in [0.15, 0.2) is 65.3 Å². The third kappa shape index (κ3) is 5.74. The minimum Gasteiger partial charge on any atom is -0.452 e. The number of hydrogen-bond donors (Lipinski definition) is 2. The van der Waals surface area contributed by atoms with Gasteiger partial charge in [-0.3, -0.25) is 9.59 Å². The van der Waals surface area contributed by atoms with Gasteiger partial charge in [-0.05, 0) is 56.4 Å². The lowest BCUT2D eigenvalue weighted by Crippen LogP contribution is -2.23. The van der Waals surface area contributed by atoms with Crippen molar-refractivity contribution in [1.29, 1.82) is 0 Å². The Kier molecular flexibility index (Phi) is 7.54. The third-order valence-corrected chi connectivity index (χ3v) is 5.61. The number of H-pyrrole nitrogens is 1. The molecule has 0 aliphatic heterocycles. The summed E-state index contributed by atoms with van der Waals surface area (Å²) >= 11 is 0. The number of aryl methyl sites for hydroxylation is 1. The summed E-state index contributed by atoms with van der Waals surface area (Å²) in [7, 11) is 1.56. The molecule has 0 atom stereocenters. The highest BCUT2D eigenvalue weighted by atomic mass is 19.1. The molecule has 2 N–H and O–H groups in total. The van der Waals surface area contributed by atoms with Crippen molar-refractivity contribution in [3.05, 3.63) is 93.9 Å². The molecule has 0 unspecified atom stereocenters. The number of rotatable bonds is 9. The fraction of sp³-hybridized carbons (Fsp3) is 0.269. The Balaban J connectivity index is 1.54. The Morgan fingerprint density at radius 3 is 2.94 bits per heavy atom. The zero-order chi connectivity index (χ0) is 24.8. The Morgan fingerprint density at radius 1 is 1.31 bits per heavy atom. The second-order valence-electron chi connectivity index (χ2n) is 8.14. The second-order valence-corrected chi connectivity index (χ2v) is 8.14. The quantitative estimate of drug-likeness (QED) is 0.353. The number of amides is 1. The molecule has 35 heavy (non-hydrogen) atoms. The van der Waals surface area contributed by atoms with Crippen LogP contribution in [0.2, 0.25) is 0 Å². The molecular formula is C26H26F2N4O3. The van der Waals surface area contributed by atoms with Crippen LogP contribution in [0.25, 0.3) is 11.0 Å². The minimum atomic E-state index is -0.838. The first kappa shape index (κ1) is 24.1. The molecule has 1 aromatic carbocycles. The molecule has 0 spiro atoms. The number of likely N-dealkylation sites (N-methyl/N-ethyl adjacent to an activating group) is 1. The van der Waals surface area contributed by atoms with Gasteiger partial charge in [0.1, 0.15) is 22.6 Å². The van der Waals surface area contributed by atoms with Crippen LogP contribution < -0.4 is 15.6 Å². The summed E-state index contributed by atoms with van der Waals surface area (Å²) in [5, 5.41) is 2.51. The van der Waals surface area contributed by atoms with Crippen LogP contribution in [0.4, 0.5) is 8.78 Å². The summed E-state index contributed by atoms with van der Waals surface area (Å²) in [6.07, 6.45) is 13.9. The molecule has 3 aromatic rings. The Labute approximate surface area is 200 Å². The largest absolute Gasteiger partial charge is 0.452 e. The van der Waals surface area contributed by atoms with E-state index in [1.165, 1.54) is 10.6 Å².